The summed E-state index contributed by atoms with van der Waals surface area (Å²) >= 11 is 0. The first-order chi connectivity index (χ1) is 11.8. The van der Waals surface area contributed by atoms with Gasteiger partial charge in [-0.2, -0.15) is 0 Å². The number of methoxy groups -OCH3 is 1. The maximum absolute atomic E-state index is 6.21. The molecule has 4 nitrogen and oxygen atoms in total. The van der Waals surface area contributed by atoms with Crippen molar-refractivity contribution in [2.45, 2.75) is 43.9 Å². The van der Waals surface area contributed by atoms with E-state index in [9.17, 15) is 0 Å². The fraction of sp³-hybridized carbons (Fsp3) is 0.550. The lowest BCUT2D eigenvalue weighted by Gasteiger charge is -2.48. The van der Waals surface area contributed by atoms with E-state index in [4.69, 9.17) is 9.47 Å². The lowest BCUT2D eigenvalue weighted by Crippen LogP contribution is -2.55. The second-order valence-corrected chi connectivity index (χ2v) is 7.09. The van der Waals surface area contributed by atoms with Crippen molar-refractivity contribution in [3.8, 4) is 0 Å². The van der Waals surface area contributed by atoms with E-state index in [2.05, 4.69) is 34.1 Å². The van der Waals surface area contributed by atoms with Crippen molar-refractivity contribution in [1.82, 2.24) is 9.88 Å². The van der Waals surface area contributed by atoms with Gasteiger partial charge in [-0.25, -0.2) is 0 Å². The Bertz CT molecular complexity index is 695. The molecule has 1 atom stereocenters. The third kappa shape index (κ3) is 3.06. The highest BCUT2D eigenvalue weighted by atomic mass is 16.5. The summed E-state index contributed by atoms with van der Waals surface area (Å²) in [4.78, 5) is 6.94. The van der Waals surface area contributed by atoms with E-state index < -0.39 is 0 Å². The Morgan fingerprint density at radius 3 is 3.00 bits per heavy atom. The van der Waals surface area contributed by atoms with E-state index in [-0.39, 0.29) is 11.7 Å². The van der Waals surface area contributed by atoms with Gasteiger partial charge in [-0.3, -0.25) is 9.88 Å². The van der Waals surface area contributed by atoms with Gasteiger partial charge in [0, 0.05) is 44.9 Å². The van der Waals surface area contributed by atoms with Crippen molar-refractivity contribution in [2.24, 2.45) is 0 Å². The van der Waals surface area contributed by atoms with Gasteiger partial charge in [0.25, 0.3) is 0 Å². The Balaban J connectivity index is 1.42. The van der Waals surface area contributed by atoms with Crippen LogP contribution in [-0.4, -0.2) is 48.4 Å². The molecule has 2 aliphatic rings. The van der Waals surface area contributed by atoms with E-state index in [1.807, 2.05) is 19.4 Å². The average Bonchev–Trinajstić information content (AvgIpc) is 2.64. The zero-order valence-electron chi connectivity index (χ0n) is 14.4. The molecule has 0 radical (unpaired) electrons. The number of pyridine rings is 1. The molecule has 4 rings (SSSR count). The molecule has 2 aromatic rings. The van der Waals surface area contributed by atoms with Gasteiger partial charge in [-0.15, -0.1) is 0 Å². The zero-order valence-corrected chi connectivity index (χ0v) is 14.4. The van der Waals surface area contributed by atoms with Crippen LogP contribution in [0.4, 0.5) is 0 Å². The molecule has 0 saturated carbocycles. The molecule has 2 aliphatic heterocycles. The molecule has 2 fully saturated rings. The number of aromatic nitrogens is 1. The standard InChI is InChI=1S/C20H26N2O2/c1-23-19-5-3-13-24-20(19)8-11-22(12-9-20)15-16-6-7-18-17(14-16)4-2-10-21-18/h2,4,6-7,10,14,19H,3,5,8-9,11-13,15H2,1H3. The number of piperidine rings is 1. The van der Waals surface area contributed by atoms with Crippen LogP contribution in [0.15, 0.2) is 36.5 Å². The first-order valence-electron chi connectivity index (χ1n) is 9.02. The number of benzene rings is 1. The van der Waals surface area contributed by atoms with Crippen LogP contribution >= 0.6 is 0 Å². The average molecular weight is 326 g/mol. The predicted molar refractivity (Wildman–Crippen MR) is 95.0 cm³/mol. The number of hydrogen-bond acceptors (Lipinski definition) is 4. The lowest BCUT2D eigenvalue weighted by atomic mass is 9.81. The van der Waals surface area contributed by atoms with Crippen molar-refractivity contribution in [3.63, 3.8) is 0 Å². The summed E-state index contributed by atoms with van der Waals surface area (Å²) in [6.07, 6.45) is 6.51. The molecule has 1 spiro atoms. The molecular formula is C20H26N2O2. The molecule has 2 saturated heterocycles. The van der Waals surface area contributed by atoms with Crippen LogP contribution in [0.25, 0.3) is 10.9 Å². The topological polar surface area (TPSA) is 34.6 Å². The summed E-state index contributed by atoms with van der Waals surface area (Å²) in [5.74, 6) is 0. The smallest absolute Gasteiger partial charge is 0.0967 e. The maximum Gasteiger partial charge on any atom is 0.0967 e. The van der Waals surface area contributed by atoms with Crippen molar-refractivity contribution < 1.29 is 9.47 Å². The molecule has 0 bridgehead atoms. The van der Waals surface area contributed by atoms with Gasteiger partial charge in [0.2, 0.25) is 0 Å². The van der Waals surface area contributed by atoms with Gasteiger partial charge in [0.05, 0.1) is 17.2 Å². The number of rotatable bonds is 3. The van der Waals surface area contributed by atoms with Crippen LogP contribution in [0.1, 0.15) is 31.2 Å². The second-order valence-electron chi connectivity index (χ2n) is 7.09. The number of hydrogen-bond donors (Lipinski definition) is 0. The largest absolute Gasteiger partial charge is 0.378 e. The molecular weight excluding hydrogens is 300 g/mol. The zero-order chi connectivity index (χ0) is 16.4. The van der Waals surface area contributed by atoms with Crippen LogP contribution in [0.5, 0.6) is 0 Å². The van der Waals surface area contributed by atoms with E-state index >= 15 is 0 Å². The van der Waals surface area contributed by atoms with Gasteiger partial charge in [-0.1, -0.05) is 12.1 Å². The summed E-state index contributed by atoms with van der Waals surface area (Å²) in [6.45, 7) is 4.03. The minimum absolute atomic E-state index is 0.0448. The number of fused-ring (bicyclic) bond motifs is 1. The highest BCUT2D eigenvalue weighted by Crippen LogP contribution is 2.37. The van der Waals surface area contributed by atoms with Gasteiger partial charge in [0.15, 0.2) is 0 Å². The van der Waals surface area contributed by atoms with Crippen molar-refractivity contribution in [3.05, 3.63) is 42.1 Å². The van der Waals surface area contributed by atoms with Crippen molar-refractivity contribution in [1.29, 1.82) is 0 Å². The van der Waals surface area contributed by atoms with E-state index in [1.54, 1.807) is 0 Å². The first kappa shape index (κ1) is 16.0. The highest BCUT2D eigenvalue weighted by molar-refractivity contribution is 5.78. The highest BCUT2D eigenvalue weighted by Gasteiger charge is 2.44. The Labute approximate surface area is 143 Å². The quantitative estimate of drug-likeness (QED) is 0.866. The molecule has 4 heteroatoms. The Hall–Kier alpha value is -1.49. The molecule has 0 aliphatic carbocycles. The molecule has 3 heterocycles. The molecule has 1 unspecified atom stereocenters. The summed E-state index contributed by atoms with van der Waals surface area (Å²) in [7, 11) is 1.83. The summed E-state index contributed by atoms with van der Waals surface area (Å²) in [5.41, 5.74) is 2.38. The fourth-order valence-electron chi connectivity index (χ4n) is 4.27. The Morgan fingerprint density at radius 1 is 1.29 bits per heavy atom. The molecule has 1 aromatic heterocycles. The third-order valence-corrected chi connectivity index (χ3v) is 5.65. The molecule has 0 amide bonds. The first-order valence-corrected chi connectivity index (χ1v) is 9.02. The van der Waals surface area contributed by atoms with E-state index in [0.29, 0.717) is 0 Å². The number of nitrogens with zero attached hydrogens (tertiary/aromatic N) is 2. The van der Waals surface area contributed by atoms with Crippen LogP contribution in [0.2, 0.25) is 0 Å². The lowest BCUT2D eigenvalue weighted by molar-refractivity contribution is -0.186. The summed E-state index contributed by atoms with van der Waals surface area (Å²) in [5, 5.41) is 1.22. The molecule has 24 heavy (non-hydrogen) atoms. The summed E-state index contributed by atoms with van der Waals surface area (Å²) < 4.78 is 11.9. The molecule has 128 valence electrons. The van der Waals surface area contributed by atoms with Crippen molar-refractivity contribution >= 4 is 10.9 Å². The van der Waals surface area contributed by atoms with Crippen molar-refractivity contribution in [2.75, 3.05) is 26.8 Å². The predicted octanol–water partition coefficient (Wildman–Crippen LogP) is 3.39. The van der Waals surface area contributed by atoms with Gasteiger partial charge in [-0.05, 0) is 49.4 Å². The third-order valence-electron chi connectivity index (χ3n) is 5.65. The SMILES string of the molecule is COC1CCCOC12CCN(Cc1ccc3ncccc3c1)CC2. The van der Waals surface area contributed by atoms with E-state index in [0.717, 1.165) is 57.4 Å². The Morgan fingerprint density at radius 2 is 2.17 bits per heavy atom. The van der Waals surface area contributed by atoms with Crippen LogP contribution < -0.4 is 0 Å². The normalized spacial score (nSPS) is 24.5. The molecule has 0 N–H and O–H groups in total. The number of likely N-dealkylation sites (tertiary alicyclic amines) is 1. The number of ether oxygens (including phenoxy) is 2. The Kier molecular flexibility index (Phi) is 4.53. The van der Waals surface area contributed by atoms with Crippen LogP contribution in [0, 0.1) is 0 Å². The molecule has 1 aromatic carbocycles. The van der Waals surface area contributed by atoms with Crippen LogP contribution in [0.3, 0.4) is 0 Å². The second kappa shape index (κ2) is 6.79. The van der Waals surface area contributed by atoms with Crippen LogP contribution in [-0.2, 0) is 16.0 Å². The monoisotopic (exact) mass is 326 g/mol. The van der Waals surface area contributed by atoms with E-state index in [1.165, 1.54) is 10.9 Å². The fourth-order valence-corrected chi connectivity index (χ4v) is 4.27. The summed E-state index contributed by atoms with van der Waals surface area (Å²) in [6, 6.07) is 10.7. The van der Waals surface area contributed by atoms with Gasteiger partial charge >= 0.3 is 0 Å². The minimum Gasteiger partial charge on any atom is -0.378 e. The maximum atomic E-state index is 6.21. The van der Waals surface area contributed by atoms with Gasteiger partial charge in [0.1, 0.15) is 0 Å². The van der Waals surface area contributed by atoms with Gasteiger partial charge < -0.3 is 9.47 Å². The minimum atomic E-state index is -0.0448.